The molecule has 52 heavy (non-hydrogen) atoms. The molecule has 3 nitrogen and oxygen atoms in total. The third kappa shape index (κ3) is 8.05. The quantitative estimate of drug-likeness (QED) is 0.123. The maximum Gasteiger partial charge on any atom is 0.124 e. The number of furan rings is 1. The van der Waals surface area contributed by atoms with Gasteiger partial charge in [-0.25, -0.2) is 0 Å². The van der Waals surface area contributed by atoms with Gasteiger partial charge in [0, 0.05) is 27.7 Å². The van der Waals surface area contributed by atoms with Crippen LogP contribution in [0.25, 0.3) is 66.7 Å². The Morgan fingerprint density at radius 2 is 1.40 bits per heavy atom. The van der Waals surface area contributed by atoms with Crippen LogP contribution in [0.2, 0.25) is 17.3 Å². The van der Waals surface area contributed by atoms with Gasteiger partial charge in [-0.3, -0.25) is 0 Å². The number of fused-ring (bicyclic) bond motifs is 3. The largest absolute Gasteiger partial charge is 0.476 e. The third-order valence-electron chi connectivity index (χ3n) is 9.20. The third-order valence-corrected chi connectivity index (χ3v) is 13.7. The maximum atomic E-state index is 8.38. The van der Waals surface area contributed by atoms with Crippen molar-refractivity contribution in [3.8, 4) is 44.8 Å². The van der Waals surface area contributed by atoms with Crippen molar-refractivity contribution >= 4 is 39.6 Å². The first-order chi connectivity index (χ1) is 25.0. The van der Waals surface area contributed by atoms with Gasteiger partial charge in [0.15, 0.2) is 0 Å². The van der Waals surface area contributed by atoms with E-state index >= 15 is 0 Å². The summed E-state index contributed by atoms with van der Waals surface area (Å²) in [6.07, 6.45) is 3.84. The van der Waals surface area contributed by atoms with Crippen LogP contribution in [0.4, 0.5) is 0 Å². The number of pyridine rings is 2. The number of hydrogen-bond acceptors (Lipinski definition) is 3. The van der Waals surface area contributed by atoms with Gasteiger partial charge in [0.05, 0.1) is 5.58 Å². The zero-order valence-electron chi connectivity index (χ0n) is 31.4. The van der Waals surface area contributed by atoms with E-state index in [2.05, 4.69) is 131 Å². The molecular weight excluding hydrogens is 873 g/mol. The van der Waals surface area contributed by atoms with Gasteiger partial charge in [0.25, 0.3) is 0 Å². The minimum absolute atomic E-state index is 0. The predicted octanol–water partition coefficient (Wildman–Crippen LogP) is 12.3. The Morgan fingerprint density at radius 1 is 0.712 bits per heavy atom. The molecule has 0 amide bonds. The average molecular weight is 917 g/mol. The van der Waals surface area contributed by atoms with E-state index in [0.29, 0.717) is 5.58 Å². The number of benzene rings is 5. The van der Waals surface area contributed by atoms with Gasteiger partial charge in [-0.2, -0.15) is 0 Å². The molecule has 0 bridgehead atoms. The summed E-state index contributed by atoms with van der Waals surface area (Å²) in [4.78, 5) is 9.14. The summed E-state index contributed by atoms with van der Waals surface area (Å²) in [6.45, 7) is 5.96. The molecule has 3 heterocycles. The molecule has 0 N–H and O–H groups in total. The molecule has 8 aromatic rings. The van der Waals surface area contributed by atoms with Crippen molar-refractivity contribution in [1.82, 2.24) is 9.97 Å². The van der Waals surface area contributed by atoms with Gasteiger partial charge in [-0.05, 0) is 57.4 Å². The summed E-state index contributed by atoms with van der Waals surface area (Å²) >= 11 is -1.77. The monoisotopic (exact) mass is 918 g/mol. The number of rotatable bonds is 6. The van der Waals surface area contributed by atoms with Crippen LogP contribution in [0.15, 0.2) is 144 Å². The van der Waals surface area contributed by atoms with Gasteiger partial charge >= 0.3 is 106 Å². The molecule has 0 saturated heterocycles. The molecule has 0 fully saturated rings. The molecule has 0 atom stereocenters. The van der Waals surface area contributed by atoms with Crippen LogP contribution < -0.4 is 4.40 Å². The van der Waals surface area contributed by atoms with Crippen LogP contribution >= 0.6 is 0 Å². The molecule has 5 aromatic carbocycles. The summed E-state index contributed by atoms with van der Waals surface area (Å²) in [7, 11) is 0. The van der Waals surface area contributed by atoms with E-state index in [-0.39, 0.29) is 20.1 Å². The summed E-state index contributed by atoms with van der Waals surface area (Å²) in [5.74, 6) is 6.51. The van der Waals surface area contributed by atoms with E-state index in [1.807, 2.05) is 62.4 Å². The van der Waals surface area contributed by atoms with Crippen molar-refractivity contribution < 1.29 is 25.9 Å². The van der Waals surface area contributed by atoms with Gasteiger partial charge in [0.2, 0.25) is 0 Å². The van der Waals surface area contributed by atoms with Crippen molar-refractivity contribution in [3.05, 3.63) is 163 Å². The molecular formula is C47H42GeIrN2O-2. The maximum absolute atomic E-state index is 8.38. The number of aryl methyl sites for hydroxylation is 1. The summed E-state index contributed by atoms with van der Waals surface area (Å²) in [6, 6.07) is 50.1. The van der Waals surface area contributed by atoms with E-state index in [9.17, 15) is 0 Å². The summed E-state index contributed by atoms with van der Waals surface area (Å²) < 4.78 is 16.3. The van der Waals surface area contributed by atoms with Gasteiger partial charge in [-0.1, -0.05) is 97.6 Å². The van der Waals surface area contributed by atoms with Gasteiger partial charge in [0.1, 0.15) is 5.58 Å². The normalized spacial score (nSPS) is 11.8. The average Bonchev–Trinajstić information content (AvgIpc) is 3.53. The topological polar surface area (TPSA) is 38.9 Å². The second-order valence-corrected chi connectivity index (χ2v) is 24.8. The van der Waals surface area contributed by atoms with E-state index < -0.39 is 19.2 Å². The van der Waals surface area contributed by atoms with E-state index in [1.165, 1.54) is 9.96 Å². The molecule has 261 valence electrons. The fraction of sp³-hybridized carbons (Fsp3) is 0.149. The minimum atomic E-state index is -1.77. The van der Waals surface area contributed by atoms with Crippen molar-refractivity contribution in [3.63, 3.8) is 0 Å². The number of hydrogen-bond donors (Lipinski definition) is 0. The molecule has 0 spiro atoms. The standard InChI is InChI=1S/C32H24NO.C15H18GeN.Ir/c1-21(2)24-15-16-33-29(18-24)25-13-14-27-30(19-25)34-31-20-26(22-9-5-3-6-10-22)17-28(32(27)31)23-11-7-4-8-12-23;1-12-10-15(13-8-6-5-7-9-13)17-11-14(12)16(2,3)4;/h3-18,20-21H,1-2H3;5-8,10-11H,1-4H3;/q2*-1;/i21D;;. The molecule has 8 rings (SSSR count). The molecule has 0 aliphatic carbocycles. The smallest absolute Gasteiger partial charge is 0.124 e. The molecule has 0 aliphatic heterocycles. The zero-order chi connectivity index (χ0) is 36.5. The van der Waals surface area contributed by atoms with Crippen LogP contribution in [0.1, 0.15) is 32.2 Å². The molecule has 0 aliphatic rings. The minimum Gasteiger partial charge on any atom is -0.476 e. The molecule has 0 saturated carbocycles. The van der Waals surface area contributed by atoms with Crippen molar-refractivity contribution in [1.29, 1.82) is 0 Å². The van der Waals surface area contributed by atoms with Gasteiger partial charge in [-0.15, -0.1) is 17.7 Å². The van der Waals surface area contributed by atoms with Crippen molar-refractivity contribution in [2.24, 2.45) is 0 Å². The van der Waals surface area contributed by atoms with E-state index in [0.717, 1.165) is 66.7 Å². The first kappa shape index (κ1) is 35.8. The number of nitrogens with zero attached hydrogens (tertiary/aromatic N) is 2. The molecule has 5 heteroatoms. The molecule has 1 radical (unpaired) electrons. The van der Waals surface area contributed by atoms with Crippen molar-refractivity contribution in [2.75, 3.05) is 0 Å². The first-order valence-electron chi connectivity index (χ1n) is 17.9. The Bertz CT molecular complexity index is 2490. The Balaban J connectivity index is 0.000000226. The number of aromatic nitrogens is 2. The van der Waals surface area contributed by atoms with Crippen LogP contribution in [0.3, 0.4) is 0 Å². The Labute approximate surface area is 325 Å². The fourth-order valence-corrected chi connectivity index (χ4v) is 10.1. The summed E-state index contributed by atoms with van der Waals surface area (Å²) in [5, 5.41) is 2.11. The van der Waals surface area contributed by atoms with E-state index in [1.54, 1.807) is 6.20 Å². The van der Waals surface area contributed by atoms with Crippen LogP contribution in [-0.2, 0) is 20.1 Å². The fourth-order valence-electron chi connectivity index (χ4n) is 6.56. The summed E-state index contributed by atoms with van der Waals surface area (Å²) in [5.41, 5.74) is 12.1. The second-order valence-electron chi connectivity index (χ2n) is 14.2. The first-order valence-corrected chi connectivity index (χ1v) is 24.7. The SMILES string of the molecule is Cc1cc(-c2[c-]cccc2)nc[c]1[Ge]([CH3])([CH3])[CH3].[2H]C(C)(C)c1ccnc(-c2[c-]c3oc4cc(-c5ccccc5)cc(-c5ccccc5)c4c3cc2)c1.[Ir]. The van der Waals surface area contributed by atoms with Crippen LogP contribution in [0.5, 0.6) is 0 Å². The molecule has 3 aromatic heterocycles. The molecule has 0 unspecified atom stereocenters. The van der Waals surface area contributed by atoms with Gasteiger partial charge < -0.3 is 9.40 Å². The van der Waals surface area contributed by atoms with Crippen molar-refractivity contribution in [2.45, 2.75) is 43.9 Å². The Morgan fingerprint density at radius 3 is 2.06 bits per heavy atom. The predicted molar refractivity (Wildman–Crippen MR) is 217 cm³/mol. The van der Waals surface area contributed by atoms with Crippen LogP contribution in [-0.4, -0.2) is 23.2 Å². The second kappa shape index (κ2) is 16.0. The zero-order valence-corrected chi connectivity index (χ0v) is 34.9. The Kier molecular flexibility index (Phi) is 11.0. The van der Waals surface area contributed by atoms with Crippen LogP contribution in [0, 0.1) is 19.1 Å². The van der Waals surface area contributed by atoms with E-state index in [4.69, 9.17) is 5.79 Å². The Hall–Kier alpha value is -4.61.